The monoisotopic (exact) mass is 232 g/mol. The van der Waals surface area contributed by atoms with Crippen molar-refractivity contribution in [2.24, 2.45) is 5.92 Å². The molecule has 6 nitrogen and oxygen atoms in total. The molecule has 2 heterocycles. The first kappa shape index (κ1) is 10.3. The molecule has 1 aliphatic carbocycles. The van der Waals surface area contributed by atoms with Gasteiger partial charge in [0.2, 0.25) is 5.95 Å². The lowest BCUT2D eigenvalue weighted by atomic mass is 9.99. The van der Waals surface area contributed by atoms with E-state index < -0.39 is 0 Å². The van der Waals surface area contributed by atoms with E-state index in [1.165, 1.54) is 12.8 Å². The number of H-pyrrole nitrogens is 1. The molecule has 1 fully saturated rings. The van der Waals surface area contributed by atoms with Crippen molar-refractivity contribution in [1.82, 2.24) is 20.2 Å². The molecule has 1 saturated carbocycles. The van der Waals surface area contributed by atoms with Crippen LogP contribution in [0.25, 0.3) is 11.0 Å². The Bertz CT molecular complexity index is 554. The topological polar surface area (TPSA) is 92.5 Å². The fourth-order valence-electron chi connectivity index (χ4n) is 2.16. The highest BCUT2D eigenvalue weighted by molar-refractivity contribution is 5.87. The van der Waals surface area contributed by atoms with Gasteiger partial charge in [-0.3, -0.25) is 5.10 Å². The second-order valence-electron chi connectivity index (χ2n) is 5.18. The number of hydrogen-bond donors (Lipinski definition) is 3. The second-order valence-corrected chi connectivity index (χ2v) is 5.18. The fraction of sp³-hybridized carbons (Fsp3) is 0.545. The molecule has 0 saturated heterocycles. The largest absolute Gasteiger partial charge is 0.368 e. The molecule has 0 bridgehead atoms. The summed E-state index contributed by atoms with van der Waals surface area (Å²) in [6.45, 7) is 4.38. The molecule has 90 valence electrons. The zero-order chi connectivity index (χ0) is 12.0. The number of rotatable bonds is 3. The zero-order valence-electron chi connectivity index (χ0n) is 9.99. The average Bonchev–Trinajstić information content (AvgIpc) is 2.99. The number of fused-ring (bicyclic) bond motifs is 1. The number of hydrogen-bond acceptors (Lipinski definition) is 5. The summed E-state index contributed by atoms with van der Waals surface area (Å²) in [5.74, 6) is 1.73. The van der Waals surface area contributed by atoms with Crippen molar-refractivity contribution in [2.75, 3.05) is 11.1 Å². The molecule has 4 N–H and O–H groups in total. The zero-order valence-corrected chi connectivity index (χ0v) is 9.99. The van der Waals surface area contributed by atoms with Crippen LogP contribution in [0.15, 0.2) is 6.20 Å². The van der Waals surface area contributed by atoms with E-state index in [9.17, 15) is 0 Å². The first-order valence-corrected chi connectivity index (χ1v) is 5.81. The highest BCUT2D eigenvalue weighted by atomic mass is 15.2. The van der Waals surface area contributed by atoms with Crippen molar-refractivity contribution in [3.63, 3.8) is 0 Å². The molecule has 2 aromatic rings. The highest BCUT2D eigenvalue weighted by Gasteiger charge is 2.38. The molecule has 2 aromatic heterocycles. The summed E-state index contributed by atoms with van der Waals surface area (Å²) in [6, 6.07) is 0. The second kappa shape index (κ2) is 3.32. The lowest BCUT2D eigenvalue weighted by Crippen LogP contribution is -2.33. The standard InChI is InChI=1S/C11H16N6/c1-11(2,6-3-4-6)16-8-7-5-13-17-9(7)15-10(12)14-8/h5-6H,3-4H2,1-2H3,(H4,12,13,14,15,16,17). The molecule has 0 aliphatic heterocycles. The lowest BCUT2D eigenvalue weighted by Gasteiger charge is -2.27. The van der Waals surface area contributed by atoms with Gasteiger partial charge in [0.15, 0.2) is 5.65 Å². The normalized spacial score (nSPS) is 16.4. The maximum Gasteiger partial charge on any atom is 0.224 e. The number of anilines is 2. The van der Waals surface area contributed by atoms with Gasteiger partial charge in [-0.15, -0.1) is 0 Å². The van der Waals surface area contributed by atoms with E-state index >= 15 is 0 Å². The van der Waals surface area contributed by atoms with Crippen LogP contribution in [-0.4, -0.2) is 25.7 Å². The van der Waals surface area contributed by atoms with Crippen molar-refractivity contribution >= 4 is 22.8 Å². The quantitative estimate of drug-likeness (QED) is 0.746. The third kappa shape index (κ3) is 1.79. The molecular formula is C11H16N6. The van der Waals surface area contributed by atoms with Crippen LogP contribution in [0.3, 0.4) is 0 Å². The van der Waals surface area contributed by atoms with Crippen LogP contribution in [0, 0.1) is 5.92 Å². The minimum absolute atomic E-state index is 0.0327. The lowest BCUT2D eigenvalue weighted by molar-refractivity contribution is 0.493. The Morgan fingerprint density at radius 3 is 2.88 bits per heavy atom. The molecule has 0 amide bonds. The predicted octanol–water partition coefficient (Wildman–Crippen LogP) is 1.54. The van der Waals surface area contributed by atoms with Crippen LogP contribution in [-0.2, 0) is 0 Å². The Morgan fingerprint density at radius 1 is 1.41 bits per heavy atom. The first-order chi connectivity index (χ1) is 8.06. The van der Waals surface area contributed by atoms with E-state index in [4.69, 9.17) is 5.73 Å². The summed E-state index contributed by atoms with van der Waals surface area (Å²) in [5, 5.41) is 11.1. The molecule has 0 radical (unpaired) electrons. The summed E-state index contributed by atoms with van der Waals surface area (Å²) in [6.07, 6.45) is 4.27. The number of aromatic amines is 1. The van der Waals surface area contributed by atoms with Gasteiger partial charge in [0.25, 0.3) is 0 Å². The Labute approximate surface area is 99.0 Å². The third-order valence-corrected chi connectivity index (χ3v) is 3.37. The van der Waals surface area contributed by atoms with Crippen LogP contribution in [0.2, 0.25) is 0 Å². The summed E-state index contributed by atoms with van der Waals surface area (Å²) in [5.41, 5.74) is 6.39. The molecule has 0 atom stereocenters. The van der Waals surface area contributed by atoms with E-state index in [0.29, 0.717) is 11.6 Å². The van der Waals surface area contributed by atoms with Crippen LogP contribution >= 0.6 is 0 Å². The van der Waals surface area contributed by atoms with Gasteiger partial charge in [-0.05, 0) is 32.6 Å². The maximum absolute atomic E-state index is 5.68. The summed E-state index contributed by atoms with van der Waals surface area (Å²) in [7, 11) is 0. The predicted molar refractivity (Wildman–Crippen MR) is 66.5 cm³/mol. The third-order valence-electron chi connectivity index (χ3n) is 3.37. The van der Waals surface area contributed by atoms with E-state index in [1.54, 1.807) is 6.20 Å². The van der Waals surface area contributed by atoms with Gasteiger partial charge in [-0.25, -0.2) is 0 Å². The maximum atomic E-state index is 5.68. The SMILES string of the molecule is CC(C)(Nc1nc(N)nc2[nH]ncc12)C1CC1. The van der Waals surface area contributed by atoms with E-state index in [-0.39, 0.29) is 11.5 Å². The Kier molecular flexibility index (Phi) is 2.01. The van der Waals surface area contributed by atoms with E-state index in [2.05, 4.69) is 39.3 Å². The molecule has 3 rings (SSSR count). The molecule has 1 aliphatic rings. The molecule has 0 spiro atoms. The van der Waals surface area contributed by atoms with Crippen LogP contribution in [0.5, 0.6) is 0 Å². The number of nitrogen functional groups attached to an aromatic ring is 1. The van der Waals surface area contributed by atoms with Crippen molar-refractivity contribution in [1.29, 1.82) is 0 Å². The number of nitrogens with one attached hydrogen (secondary N) is 2. The molecular weight excluding hydrogens is 216 g/mol. The Balaban J connectivity index is 2.01. The molecule has 0 aromatic carbocycles. The van der Waals surface area contributed by atoms with E-state index in [1.807, 2.05) is 0 Å². The summed E-state index contributed by atoms with van der Waals surface area (Å²) >= 11 is 0. The average molecular weight is 232 g/mol. The van der Waals surface area contributed by atoms with Gasteiger partial charge in [-0.2, -0.15) is 15.1 Å². The smallest absolute Gasteiger partial charge is 0.224 e. The van der Waals surface area contributed by atoms with Crippen molar-refractivity contribution < 1.29 is 0 Å². The number of aromatic nitrogens is 4. The molecule has 17 heavy (non-hydrogen) atoms. The minimum Gasteiger partial charge on any atom is -0.368 e. The number of nitrogens with zero attached hydrogens (tertiary/aromatic N) is 3. The summed E-state index contributed by atoms with van der Waals surface area (Å²) < 4.78 is 0. The first-order valence-electron chi connectivity index (χ1n) is 5.81. The van der Waals surface area contributed by atoms with E-state index in [0.717, 1.165) is 11.2 Å². The van der Waals surface area contributed by atoms with Crippen LogP contribution in [0.1, 0.15) is 26.7 Å². The van der Waals surface area contributed by atoms with Gasteiger partial charge >= 0.3 is 0 Å². The molecule has 0 unspecified atom stereocenters. The van der Waals surface area contributed by atoms with Gasteiger partial charge in [0, 0.05) is 5.54 Å². The fourth-order valence-corrected chi connectivity index (χ4v) is 2.16. The molecule has 6 heteroatoms. The van der Waals surface area contributed by atoms with Gasteiger partial charge in [-0.1, -0.05) is 0 Å². The van der Waals surface area contributed by atoms with Gasteiger partial charge < -0.3 is 11.1 Å². The minimum atomic E-state index is 0.0327. The summed E-state index contributed by atoms with van der Waals surface area (Å²) in [4.78, 5) is 8.36. The highest BCUT2D eigenvalue weighted by Crippen LogP contribution is 2.41. The van der Waals surface area contributed by atoms with Gasteiger partial charge in [0.1, 0.15) is 5.82 Å². The Hall–Kier alpha value is -1.85. The van der Waals surface area contributed by atoms with Crippen LogP contribution < -0.4 is 11.1 Å². The van der Waals surface area contributed by atoms with Gasteiger partial charge in [0.05, 0.1) is 11.6 Å². The van der Waals surface area contributed by atoms with Crippen molar-refractivity contribution in [3.8, 4) is 0 Å². The Morgan fingerprint density at radius 2 is 2.18 bits per heavy atom. The van der Waals surface area contributed by atoms with Crippen molar-refractivity contribution in [2.45, 2.75) is 32.2 Å². The van der Waals surface area contributed by atoms with Crippen LogP contribution in [0.4, 0.5) is 11.8 Å². The number of nitrogens with two attached hydrogens (primary N) is 1. The van der Waals surface area contributed by atoms with Crippen molar-refractivity contribution in [3.05, 3.63) is 6.20 Å².